The molecule has 0 saturated heterocycles. The standard InChI is InChI=1S/C16H13N3O2/c1-11-7-9-13(10-8-11)17-14(20)16-19-18-15(21-16)12-5-3-2-4-6-12/h2-10H,1H3,(H,17,20). The number of amides is 1. The lowest BCUT2D eigenvalue weighted by Gasteiger charge is -2.02. The second-order valence-electron chi connectivity index (χ2n) is 4.60. The third-order valence-corrected chi connectivity index (χ3v) is 2.95. The molecule has 0 bridgehead atoms. The van der Waals surface area contributed by atoms with Gasteiger partial charge in [0, 0.05) is 11.3 Å². The first kappa shape index (κ1) is 13.1. The molecule has 3 aromatic rings. The number of nitrogens with zero attached hydrogens (tertiary/aromatic N) is 2. The van der Waals surface area contributed by atoms with Crippen LogP contribution in [0.25, 0.3) is 11.5 Å². The fourth-order valence-corrected chi connectivity index (χ4v) is 1.83. The molecule has 0 spiro atoms. The third-order valence-electron chi connectivity index (χ3n) is 2.95. The van der Waals surface area contributed by atoms with Crippen molar-refractivity contribution in [1.29, 1.82) is 0 Å². The van der Waals surface area contributed by atoms with Gasteiger partial charge in [-0.25, -0.2) is 0 Å². The van der Waals surface area contributed by atoms with Crippen LogP contribution in [0.15, 0.2) is 59.0 Å². The first-order valence-electron chi connectivity index (χ1n) is 6.49. The highest BCUT2D eigenvalue weighted by Gasteiger charge is 2.15. The number of carbonyl (C=O) groups is 1. The van der Waals surface area contributed by atoms with E-state index in [1.54, 1.807) is 0 Å². The predicted octanol–water partition coefficient (Wildman–Crippen LogP) is 3.30. The highest BCUT2D eigenvalue weighted by molar-refractivity contribution is 6.00. The van der Waals surface area contributed by atoms with Crippen molar-refractivity contribution < 1.29 is 9.21 Å². The molecule has 104 valence electrons. The topological polar surface area (TPSA) is 68.0 Å². The summed E-state index contributed by atoms with van der Waals surface area (Å²) in [5.74, 6) is -0.160. The number of carbonyl (C=O) groups excluding carboxylic acids is 1. The van der Waals surface area contributed by atoms with Gasteiger partial charge in [-0.2, -0.15) is 0 Å². The molecule has 0 radical (unpaired) electrons. The number of aromatic nitrogens is 2. The van der Waals surface area contributed by atoms with Gasteiger partial charge in [-0.3, -0.25) is 4.79 Å². The van der Waals surface area contributed by atoms with Crippen LogP contribution in [0.4, 0.5) is 5.69 Å². The van der Waals surface area contributed by atoms with Gasteiger partial charge in [0.2, 0.25) is 5.89 Å². The molecule has 0 aliphatic carbocycles. The van der Waals surface area contributed by atoms with E-state index >= 15 is 0 Å². The molecule has 0 unspecified atom stereocenters. The summed E-state index contributed by atoms with van der Waals surface area (Å²) < 4.78 is 5.39. The van der Waals surface area contributed by atoms with E-state index in [0.29, 0.717) is 11.6 Å². The molecule has 3 rings (SSSR count). The van der Waals surface area contributed by atoms with E-state index in [4.69, 9.17) is 4.42 Å². The molecule has 0 saturated carbocycles. The van der Waals surface area contributed by atoms with Crippen molar-refractivity contribution in [2.75, 3.05) is 5.32 Å². The van der Waals surface area contributed by atoms with Crippen LogP contribution in [0.1, 0.15) is 16.2 Å². The largest absolute Gasteiger partial charge is 0.412 e. The highest BCUT2D eigenvalue weighted by Crippen LogP contribution is 2.17. The molecule has 0 aliphatic rings. The van der Waals surface area contributed by atoms with Crippen molar-refractivity contribution >= 4 is 11.6 Å². The summed E-state index contributed by atoms with van der Waals surface area (Å²) in [4.78, 5) is 12.0. The van der Waals surface area contributed by atoms with E-state index in [1.807, 2.05) is 61.5 Å². The van der Waals surface area contributed by atoms with Crippen LogP contribution in [0, 0.1) is 6.92 Å². The number of hydrogen-bond donors (Lipinski definition) is 1. The van der Waals surface area contributed by atoms with Crippen LogP contribution < -0.4 is 5.32 Å². The zero-order valence-corrected chi connectivity index (χ0v) is 11.4. The Morgan fingerprint density at radius 2 is 1.71 bits per heavy atom. The first-order valence-corrected chi connectivity index (χ1v) is 6.49. The van der Waals surface area contributed by atoms with E-state index in [-0.39, 0.29) is 5.89 Å². The van der Waals surface area contributed by atoms with Crippen molar-refractivity contribution in [3.63, 3.8) is 0 Å². The Hall–Kier alpha value is -2.95. The van der Waals surface area contributed by atoms with Gasteiger partial charge < -0.3 is 9.73 Å². The molecule has 21 heavy (non-hydrogen) atoms. The average molecular weight is 279 g/mol. The van der Waals surface area contributed by atoms with Crippen molar-refractivity contribution in [3.05, 3.63) is 66.1 Å². The van der Waals surface area contributed by atoms with Crippen molar-refractivity contribution in [2.45, 2.75) is 6.92 Å². The van der Waals surface area contributed by atoms with Gasteiger partial charge in [0.05, 0.1) is 0 Å². The maximum atomic E-state index is 12.0. The molecular weight excluding hydrogens is 266 g/mol. The maximum absolute atomic E-state index is 12.0. The minimum absolute atomic E-state index is 0.0607. The molecule has 5 nitrogen and oxygen atoms in total. The van der Waals surface area contributed by atoms with Gasteiger partial charge in [0.25, 0.3) is 0 Å². The highest BCUT2D eigenvalue weighted by atomic mass is 16.4. The summed E-state index contributed by atoms with van der Waals surface area (Å²) in [6, 6.07) is 16.8. The lowest BCUT2D eigenvalue weighted by molar-refractivity contribution is 0.0991. The molecule has 1 aromatic heterocycles. The van der Waals surface area contributed by atoms with Gasteiger partial charge in [-0.05, 0) is 31.2 Å². The molecule has 0 aliphatic heterocycles. The van der Waals surface area contributed by atoms with E-state index in [9.17, 15) is 4.79 Å². The molecule has 0 fully saturated rings. The quantitative estimate of drug-likeness (QED) is 0.798. The third kappa shape index (κ3) is 2.97. The lowest BCUT2D eigenvalue weighted by atomic mass is 10.2. The summed E-state index contributed by atoms with van der Waals surface area (Å²) in [6.45, 7) is 1.98. The smallest absolute Gasteiger partial charge is 0.313 e. The predicted molar refractivity (Wildman–Crippen MR) is 78.9 cm³/mol. The number of anilines is 1. The SMILES string of the molecule is Cc1ccc(NC(=O)c2nnc(-c3ccccc3)o2)cc1. The van der Waals surface area contributed by atoms with Gasteiger partial charge in [-0.15, -0.1) is 10.2 Å². The number of nitrogens with one attached hydrogen (secondary N) is 1. The van der Waals surface area contributed by atoms with Crippen LogP contribution >= 0.6 is 0 Å². The summed E-state index contributed by atoms with van der Waals surface area (Å²) in [7, 11) is 0. The molecule has 1 heterocycles. The van der Waals surface area contributed by atoms with Crippen LogP contribution in [-0.4, -0.2) is 16.1 Å². The van der Waals surface area contributed by atoms with Gasteiger partial charge >= 0.3 is 11.8 Å². The first-order chi connectivity index (χ1) is 10.2. The number of benzene rings is 2. The Labute approximate surface area is 121 Å². The van der Waals surface area contributed by atoms with Crippen LogP contribution in [0.3, 0.4) is 0 Å². The van der Waals surface area contributed by atoms with E-state index in [2.05, 4.69) is 15.5 Å². The van der Waals surface area contributed by atoms with Gasteiger partial charge in [0.1, 0.15) is 0 Å². The van der Waals surface area contributed by atoms with Gasteiger partial charge in [0.15, 0.2) is 0 Å². The van der Waals surface area contributed by atoms with E-state index in [1.165, 1.54) is 0 Å². The molecule has 2 aromatic carbocycles. The van der Waals surface area contributed by atoms with E-state index in [0.717, 1.165) is 11.1 Å². The minimum atomic E-state index is -0.423. The molecule has 1 amide bonds. The second kappa shape index (κ2) is 5.58. The summed E-state index contributed by atoms with van der Waals surface area (Å²) in [6.07, 6.45) is 0. The Morgan fingerprint density at radius 1 is 1.00 bits per heavy atom. The van der Waals surface area contributed by atoms with E-state index < -0.39 is 5.91 Å². The van der Waals surface area contributed by atoms with Crippen molar-refractivity contribution in [3.8, 4) is 11.5 Å². The minimum Gasteiger partial charge on any atom is -0.412 e. The Balaban J connectivity index is 1.77. The van der Waals surface area contributed by atoms with Gasteiger partial charge in [-0.1, -0.05) is 35.9 Å². The number of aryl methyl sites for hydroxylation is 1. The number of rotatable bonds is 3. The average Bonchev–Trinajstić information content (AvgIpc) is 3.00. The van der Waals surface area contributed by atoms with Crippen LogP contribution in [-0.2, 0) is 0 Å². The lowest BCUT2D eigenvalue weighted by Crippen LogP contribution is -2.12. The van der Waals surface area contributed by atoms with Crippen LogP contribution in [0.2, 0.25) is 0 Å². The molecule has 0 atom stereocenters. The van der Waals surface area contributed by atoms with Crippen molar-refractivity contribution in [1.82, 2.24) is 10.2 Å². The van der Waals surface area contributed by atoms with Crippen LogP contribution in [0.5, 0.6) is 0 Å². The summed E-state index contributed by atoms with van der Waals surface area (Å²) in [5.41, 5.74) is 2.58. The Morgan fingerprint density at radius 3 is 2.43 bits per heavy atom. The Bertz CT molecular complexity index is 749. The molecular formula is C16H13N3O2. The zero-order chi connectivity index (χ0) is 14.7. The second-order valence-corrected chi connectivity index (χ2v) is 4.60. The maximum Gasteiger partial charge on any atom is 0.313 e. The zero-order valence-electron chi connectivity index (χ0n) is 11.4. The molecule has 5 heteroatoms. The van der Waals surface area contributed by atoms with Crippen molar-refractivity contribution in [2.24, 2.45) is 0 Å². The summed E-state index contributed by atoms with van der Waals surface area (Å²) in [5, 5.41) is 10.4. The normalized spacial score (nSPS) is 10.3. The fourth-order valence-electron chi connectivity index (χ4n) is 1.83. The Kier molecular flexibility index (Phi) is 3.47. The summed E-state index contributed by atoms with van der Waals surface area (Å²) >= 11 is 0. The molecule has 1 N–H and O–H groups in total. The number of hydrogen-bond acceptors (Lipinski definition) is 4. The monoisotopic (exact) mass is 279 g/mol. The fraction of sp³-hybridized carbons (Fsp3) is 0.0625.